The normalized spacial score (nSPS) is 16.5. The molecule has 8 nitrogen and oxygen atoms in total. The molecule has 0 bridgehead atoms. The first kappa shape index (κ1) is 30.4. The van der Waals surface area contributed by atoms with Gasteiger partial charge in [-0.25, -0.2) is 9.59 Å². The zero-order valence-electron chi connectivity index (χ0n) is 21.2. The number of unbranched alkanes of at least 4 members (excludes halogenated alkanes) is 2. The van der Waals surface area contributed by atoms with Crippen LogP contribution in [0.4, 0.5) is 0 Å². The highest BCUT2D eigenvalue weighted by Gasteiger charge is 2.18. The highest BCUT2D eigenvalue weighted by atomic mass is 16.6. The van der Waals surface area contributed by atoms with E-state index in [2.05, 4.69) is 18.2 Å². The zero-order valence-corrected chi connectivity index (χ0v) is 21.2. The SMILES string of the molecule is C=CCOC(=O)CC(=O)OCCCCC.O=C(/C=C\C(=O)OC1CCCCC1)OC1CCCCC1. The summed E-state index contributed by atoms with van der Waals surface area (Å²) in [6.07, 6.45) is 17.1. The van der Waals surface area contributed by atoms with Gasteiger partial charge in [-0.15, -0.1) is 0 Å². The first-order valence-electron chi connectivity index (χ1n) is 13.0. The lowest BCUT2D eigenvalue weighted by Crippen LogP contribution is -2.21. The molecule has 0 N–H and O–H groups in total. The number of hydrogen-bond donors (Lipinski definition) is 0. The van der Waals surface area contributed by atoms with E-state index in [1.165, 1.54) is 31.1 Å². The van der Waals surface area contributed by atoms with E-state index >= 15 is 0 Å². The Morgan fingerprint density at radius 2 is 1.23 bits per heavy atom. The van der Waals surface area contributed by atoms with E-state index in [4.69, 9.17) is 14.2 Å². The summed E-state index contributed by atoms with van der Waals surface area (Å²) in [6, 6.07) is 0. The van der Waals surface area contributed by atoms with Gasteiger partial charge in [0.25, 0.3) is 0 Å². The van der Waals surface area contributed by atoms with Crippen LogP contribution in [0.2, 0.25) is 0 Å². The molecular formula is C27H42O8. The van der Waals surface area contributed by atoms with E-state index in [1.54, 1.807) is 0 Å². The van der Waals surface area contributed by atoms with Crippen molar-refractivity contribution in [2.24, 2.45) is 0 Å². The fourth-order valence-electron chi connectivity index (χ4n) is 3.82. The lowest BCUT2D eigenvalue weighted by atomic mass is 9.98. The molecule has 2 aliphatic carbocycles. The van der Waals surface area contributed by atoms with E-state index in [9.17, 15) is 19.2 Å². The van der Waals surface area contributed by atoms with Gasteiger partial charge in [-0.1, -0.05) is 45.3 Å². The van der Waals surface area contributed by atoms with Gasteiger partial charge in [0.2, 0.25) is 0 Å². The minimum Gasteiger partial charge on any atom is -0.465 e. The van der Waals surface area contributed by atoms with Gasteiger partial charge in [-0.05, 0) is 57.8 Å². The summed E-state index contributed by atoms with van der Waals surface area (Å²) in [7, 11) is 0. The van der Waals surface area contributed by atoms with Gasteiger partial charge in [0.05, 0.1) is 6.61 Å². The summed E-state index contributed by atoms with van der Waals surface area (Å²) in [5, 5.41) is 0. The Morgan fingerprint density at radius 3 is 1.69 bits per heavy atom. The molecule has 35 heavy (non-hydrogen) atoms. The number of ether oxygens (including phenoxy) is 4. The molecule has 0 atom stereocenters. The quantitative estimate of drug-likeness (QED) is 0.0918. The van der Waals surface area contributed by atoms with Crippen LogP contribution in [0.5, 0.6) is 0 Å². The van der Waals surface area contributed by atoms with Gasteiger partial charge < -0.3 is 18.9 Å². The molecule has 198 valence electrons. The van der Waals surface area contributed by atoms with Crippen molar-refractivity contribution >= 4 is 23.9 Å². The molecule has 0 aliphatic heterocycles. The van der Waals surface area contributed by atoms with Crippen molar-refractivity contribution in [1.82, 2.24) is 0 Å². The Bertz CT molecular complexity index is 639. The molecule has 0 aromatic carbocycles. The van der Waals surface area contributed by atoms with E-state index in [-0.39, 0.29) is 25.2 Å². The van der Waals surface area contributed by atoms with Crippen molar-refractivity contribution < 1.29 is 38.1 Å². The summed E-state index contributed by atoms with van der Waals surface area (Å²) < 4.78 is 20.1. The Morgan fingerprint density at radius 1 is 0.743 bits per heavy atom. The summed E-state index contributed by atoms with van der Waals surface area (Å²) >= 11 is 0. The average Bonchev–Trinajstić information content (AvgIpc) is 2.86. The molecule has 0 amide bonds. The molecule has 2 aliphatic rings. The summed E-state index contributed by atoms with van der Waals surface area (Å²) in [5.41, 5.74) is 0. The minimum atomic E-state index is -0.574. The highest BCUT2D eigenvalue weighted by Crippen LogP contribution is 2.21. The smallest absolute Gasteiger partial charge is 0.331 e. The standard InChI is InChI=1S/C16H24O4.C11H18O4/c17-15(19-13-7-3-1-4-8-13)11-12-16(18)20-14-9-5-2-6-10-14;1-3-5-6-8-15-11(13)9-10(12)14-7-4-2/h11-14H,1-10H2;4H,2-3,5-9H2,1H3/b12-11-;. The number of carbonyl (C=O) groups is 4. The van der Waals surface area contributed by atoms with E-state index < -0.39 is 23.9 Å². The van der Waals surface area contributed by atoms with Crippen molar-refractivity contribution in [3.63, 3.8) is 0 Å². The largest absolute Gasteiger partial charge is 0.465 e. The van der Waals surface area contributed by atoms with Crippen LogP contribution in [0.3, 0.4) is 0 Å². The number of carbonyl (C=O) groups excluding carboxylic acids is 4. The van der Waals surface area contributed by atoms with Crippen LogP contribution in [0.25, 0.3) is 0 Å². The molecule has 0 radical (unpaired) electrons. The van der Waals surface area contributed by atoms with Crippen LogP contribution in [0.15, 0.2) is 24.8 Å². The number of rotatable bonds is 12. The maximum Gasteiger partial charge on any atom is 0.331 e. The van der Waals surface area contributed by atoms with E-state index in [1.807, 2.05) is 0 Å². The van der Waals surface area contributed by atoms with Crippen LogP contribution in [0, 0.1) is 0 Å². The van der Waals surface area contributed by atoms with Crippen LogP contribution in [0.1, 0.15) is 96.8 Å². The molecule has 0 aromatic heterocycles. The summed E-state index contributed by atoms with van der Waals surface area (Å²) in [4.78, 5) is 45.1. The zero-order chi connectivity index (χ0) is 25.7. The van der Waals surface area contributed by atoms with Crippen molar-refractivity contribution in [2.45, 2.75) is 109 Å². The Kier molecular flexibility index (Phi) is 17.1. The Labute approximate surface area is 209 Å². The second kappa shape index (κ2) is 19.6. The second-order valence-electron chi connectivity index (χ2n) is 8.80. The minimum absolute atomic E-state index is 0.0234. The van der Waals surface area contributed by atoms with Crippen LogP contribution < -0.4 is 0 Å². The van der Waals surface area contributed by atoms with Crippen molar-refractivity contribution in [3.8, 4) is 0 Å². The summed E-state index contributed by atoms with van der Waals surface area (Å²) in [5.74, 6) is -1.97. The van der Waals surface area contributed by atoms with Crippen LogP contribution in [-0.2, 0) is 38.1 Å². The third-order valence-electron chi connectivity index (χ3n) is 5.69. The molecule has 0 saturated heterocycles. The molecule has 0 spiro atoms. The molecule has 0 aromatic rings. The fourth-order valence-corrected chi connectivity index (χ4v) is 3.82. The van der Waals surface area contributed by atoms with Gasteiger partial charge in [0.15, 0.2) is 0 Å². The van der Waals surface area contributed by atoms with Crippen molar-refractivity contribution in [2.75, 3.05) is 13.2 Å². The van der Waals surface area contributed by atoms with Gasteiger partial charge in [0, 0.05) is 12.2 Å². The first-order chi connectivity index (χ1) is 16.9. The second-order valence-corrected chi connectivity index (χ2v) is 8.80. The van der Waals surface area contributed by atoms with E-state index in [0.29, 0.717) is 6.61 Å². The monoisotopic (exact) mass is 494 g/mol. The maximum atomic E-state index is 11.6. The fraction of sp³-hybridized carbons (Fsp3) is 0.704. The first-order valence-corrected chi connectivity index (χ1v) is 13.0. The summed E-state index contributed by atoms with van der Waals surface area (Å²) in [6.45, 7) is 5.96. The number of esters is 4. The van der Waals surface area contributed by atoms with Gasteiger partial charge in [-0.2, -0.15) is 0 Å². The highest BCUT2D eigenvalue weighted by molar-refractivity contribution is 5.92. The molecule has 8 heteroatoms. The third-order valence-corrected chi connectivity index (χ3v) is 5.69. The maximum absolute atomic E-state index is 11.6. The average molecular weight is 495 g/mol. The van der Waals surface area contributed by atoms with Gasteiger partial charge in [-0.3, -0.25) is 9.59 Å². The predicted molar refractivity (Wildman–Crippen MR) is 131 cm³/mol. The number of hydrogen-bond acceptors (Lipinski definition) is 8. The van der Waals surface area contributed by atoms with Crippen LogP contribution in [-0.4, -0.2) is 49.3 Å². The van der Waals surface area contributed by atoms with Crippen LogP contribution >= 0.6 is 0 Å². The molecular weight excluding hydrogens is 452 g/mol. The Balaban J connectivity index is 0.000000367. The topological polar surface area (TPSA) is 105 Å². The third kappa shape index (κ3) is 16.6. The van der Waals surface area contributed by atoms with Gasteiger partial charge >= 0.3 is 23.9 Å². The molecule has 2 saturated carbocycles. The molecule has 0 heterocycles. The van der Waals surface area contributed by atoms with Gasteiger partial charge in [0.1, 0.15) is 25.2 Å². The molecule has 0 unspecified atom stereocenters. The van der Waals surface area contributed by atoms with Crippen molar-refractivity contribution in [3.05, 3.63) is 24.8 Å². The Hall–Kier alpha value is -2.64. The lowest BCUT2D eigenvalue weighted by molar-refractivity contribution is -0.154. The lowest BCUT2D eigenvalue weighted by Gasteiger charge is -2.21. The predicted octanol–water partition coefficient (Wildman–Crippen LogP) is 5.13. The molecule has 2 rings (SSSR count). The van der Waals surface area contributed by atoms with E-state index in [0.717, 1.165) is 70.6 Å². The van der Waals surface area contributed by atoms with Crippen molar-refractivity contribution in [1.29, 1.82) is 0 Å². The molecule has 2 fully saturated rings.